The van der Waals surface area contributed by atoms with E-state index in [0.29, 0.717) is 0 Å². The lowest BCUT2D eigenvalue weighted by Crippen LogP contribution is -2.24. The van der Waals surface area contributed by atoms with Crippen LogP contribution in [0.4, 0.5) is 0 Å². The van der Waals surface area contributed by atoms with E-state index in [4.69, 9.17) is 5.73 Å². The minimum absolute atomic E-state index is 0.0635. The zero-order chi connectivity index (χ0) is 14.4. The lowest BCUT2D eigenvalue weighted by atomic mass is 9.70. The van der Waals surface area contributed by atoms with Crippen LogP contribution < -0.4 is 5.73 Å². The summed E-state index contributed by atoms with van der Waals surface area (Å²) in [6, 6.07) is 0. The molecule has 2 heteroatoms. The highest BCUT2D eigenvalue weighted by Crippen LogP contribution is 2.41. The van der Waals surface area contributed by atoms with E-state index in [1.165, 1.54) is 70.6 Å². The summed E-state index contributed by atoms with van der Waals surface area (Å²) in [6.45, 7) is 1.96. The first-order valence-electron chi connectivity index (χ1n) is 8.96. The molecule has 0 aliphatic heterocycles. The van der Waals surface area contributed by atoms with Gasteiger partial charge in [-0.2, -0.15) is 0 Å². The fourth-order valence-corrected chi connectivity index (χ4v) is 4.41. The second kappa shape index (κ2) is 8.05. The molecule has 2 aliphatic carbocycles. The van der Waals surface area contributed by atoms with Crippen LogP contribution in [0.1, 0.15) is 84.0 Å². The summed E-state index contributed by atoms with van der Waals surface area (Å²) in [4.78, 5) is 11.0. The largest absolute Gasteiger partial charge is 0.369 e. The molecule has 2 N–H and O–H groups in total. The van der Waals surface area contributed by atoms with Crippen LogP contribution >= 0.6 is 0 Å². The van der Waals surface area contributed by atoms with Gasteiger partial charge < -0.3 is 5.73 Å². The van der Waals surface area contributed by atoms with Crippen LogP contribution in [0.25, 0.3) is 0 Å². The average molecular weight is 279 g/mol. The van der Waals surface area contributed by atoms with Gasteiger partial charge in [0.15, 0.2) is 0 Å². The number of rotatable bonds is 6. The van der Waals surface area contributed by atoms with Gasteiger partial charge >= 0.3 is 0 Å². The molecule has 2 fully saturated rings. The third kappa shape index (κ3) is 4.79. The topological polar surface area (TPSA) is 43.1 Å². The zero-order valence-electron chi connectivity index (χ0n) is 13.3. The van der Waals surface area contributed by atoms with Crippen LogP contribution in [0.2, 0.25) is 0 Å². The van der Waals surface area contributed by atoms with Crippen LogP contribution in [0.15, 0.2) is 0 Å². The van der Waals surface area contributed by atoms with Crippen molar-refractivity contribution in [2.24, 2.45) is 29.4 Å². The van der Waals surface area contributed by atoms with Crippen molar-refractivity contribution in [1.29, 1.82) is 0 Å². The van der Waals surface area contributed by atoms with Gasteiger partial charge in [0.05, 0.1) is 0 Å². The lowest BCUT2D eigenvalue weighted by Gasteiger charge is -2.36. The molecule has 0 heterocycles. The number of nitrogens with two attached hydrogens (primary N) is 1. The number of hydrogen-bond donors (Lipinski definition) is 1. The van der Waals surface area contributed by atoms with E-state index in [1.807, 2.05) is 6.92 Å². The maximum absolute atomic E-state index is 11.0. The summed E-state index contributed by atoms with van der Waals surface area (Å²) in [5.41, 5.74) is 5.32. The molecule has 0 spiro atoms. The molecule has 0 bridgehead atoms. The third-order valence-electron chi connectivity index (χ3n) is 5.94. The van der Waals surface area contributed by atoms with Gasteiger partial charge in [-0.15, -0.1) is 0 Å². The molecule has 0 aromatic rings. The summed E-state index contributed by atoms with van der Waals surface area (Å²) in [5, 5.41) is 0. The maximum Gasteiger partial charge on any atom is 0.220 e. The molecule has 0 aromatic heterocycles. The molecule has 1 unspecified atom stereocenters. The Bertz CT molecular complexity index is 288. The first kappa shape index (κ1) is 15.9. The highest BCUT2D eigenvalue weighted by molar-refractivity contribution is 5.76. The number of carbonyl (C=O) groups excluding carboxylic acids is 1. The van der Waals surface area contributed by atoms with Gasteiger partial charge in [0.1, 0.15) is 0 Å². The van der Waals surface area contributed by atoms with E-state index in [-0.39, 0.29) is 11.8 Å². The first-order valence-corrected chi connectivity index (χ1v) is 8.96. The van der Waals surface area contributed by atoms with Crippen LogP contribution in [-0.4, -0.2) is 5.91 Å². The number of carbonyl (C=O) groups is 1. The average Bonchev–Trinajstić information content (AvgIpc) is 2.48. The molecule has 1 atom stereocenters. The van der Waals surface area contributed by atoms with Crippen LogP contribution in [-0.2, 0) is 4.79 Å². The van der Waals surface area contributed by atoms with Crippen molar-refractivity contribution in [3.63, 3.8) is 0 Å². The summed E-state index contributed by atoms with van der Waals surface area (Å²) in [5.74, 6) is 2.95. The summed E-state index contributed by atoms with van der Waals surface area (Å²) in [6.07, 6.45) is 16.8. The highest BCUT2D eigenvalue weighted by Gasteiger charge is 2.28. The molecule has 2 nitrogen and oxygen atoms in total. The van der Waals surface area contributed by atoms with Crippen molar-refractivity contribution < 1.29 is 4.79 Å². The zero-order valence-corrected chi connectivity index (χ0v) is 13.3. The Kier molecular flexibility index (Phi) is 6.38. The van der Waals surface area contributed by atoms with Gasteiger partial charge in [-0.3, -0.25) is 4.79 Å². The Morgan fingerprint density at radius 2 is 1.60 bits per heavy atom. The fourth-order valence-electron chi connectivity index (χ4n) is 4.41. The van der Waals surface area contributed by atoms with E-state index in [0.717, 1.165) is 24.2 Å². The molecule has 0 saturated heterocycles. The molecule has 1 amide bonds. The second-order valence-corrected chi connectivity index (χ2v) is 7.41. The van der Waals surface area contributed by atoms with Crippen LogP contribution in [0.5, 0.6) is 0 Å². The van der Waals surface area contributed by atoms with Gasteiger partial charge in [-0.1, -0.05) is 64.7 Å². The minimum atomic E-state index is -0.133. The van der Waals surface area contributed by atoms with Crippen LogP contribution in [0, 0.1) is 23.7 Å². The molecule has 20 heavy (non-hydrogen) atoms. The predicted octanol–water partition coefficient (Wildman–Crippen LogP) is 4.66. The Morgan fingerprint density at radius 3 is 2.20 bits per heavy atom. The molecule has 2 rings (SSSR count). The van der Waals surface area contributed by atoms with Crippen molar-refractivity contribution in [3.05, 3.63) is 0 Å². The smallest absolute Gasteiger partial charge is 0.220 e. The van der Waals surface area contributed by atoms with Gasteiger partial charge in [0.2, 0.25) is 5.91 Å². The molecular formula is C18H33NO. The summed E-state index contributed by atoms with van der Waals surface area (Å²) < 4.78 is 0. The van der Waals surface area contributed by atoms with Gasteiger partial charge in [0, 0.05) is 5.92 Å². The SMILES string of the molecule is CC(CCCC1CCC(C2CCCCC2)CC1)C(N)=O. The Balaban J connectivity index is 1.60. The molecule has 116 valence electrons. The molecule has 2 aliphatic rings. The standard InChI is InChI=1S/C18H33NO/c1-14(18(19)20)6-5-7-15-10-12-17(13-11-15)16-8-3-2-4-9-16/h14-17H,2-13H2,1H3,(H2,19,20). The second-order valence-electron chi connectivity index (χ2n) is 7.41. The van der Waals surface area contributed by atoms with Crippen molar-refractivity contribution in [3.8, 4) is 0 Å². The fraction of sp³-hybridized carbons (Fsp3) is 0.944. The van der Waals surface area contributed by atoms with Gasteiger partial charge in [-0.05, 0) is 37.0 Å². The molecule has 0 aromatic carbocycles. The van der Waals surface area contributed by atoms with Crippen LogP contribution in [0.3, 0.4) is 0 Å². The molecule has 2 saturated carbocycles. The van der Waals surface area contributed by atoms with E-state index < -0.39 is 0 Å². The Morgan fingerprint density at radius 1 is 1.00 bits per heavy atom. The van der Waals surface area contributed by atoms with Crippen molar-refractivity contribution >= 4 is 5.91 Å². The summed E-state index contributed by atoms with van der Waals surface area (Å²) in [7, 11) is 0. The molecule has 0 radical (unpaired) electrons. The first-order chi connectivity index (χ1) is 9.66. The lowest BCUT2D eigenvalue weighted by molar-refractivity contribution is -0.121. The van der Waals surface area contributed by atoms with Crippen molar-refractivity contribution in [1.82, 2.24) is 0 Å². The quantitative estimate of drug-likeness (QED) is 0.754. The number of amides is 1. The minimum Gasteiger partial charge on any atom is -0.369 e. The normalized spacial score (nSPS) is 30.1. The van der Waals surface area contributed by atoms with E-state index in [1.54, 1.807) is 0 Å². The van der Waals surface area contributed by atoms with Gasteiger partial charge in [-0.25, -0.2) is 0 Å². The van der Waals surface area contributed by atoms with Crippen molar-refractivity contribution in [2.75, 3.05) is 0 Å². The van der Waals surface area contributed by atoms with Gasteiger partial charge in [0.25, 0.3) is 0 Å². The predicted molar refractivity (Wildman–Crippen MR) is 84.2 cm³/mol. The third-order valence-corrected chi connectivity index (χ3v) is 5.94. The Hall–Kier alpha value is -0.530. The summed E-state index contributed by atoms with van der Waals surface area (Å²) >= 11 is 0. The van der Waals surface area contributed by atoms with E-state index in [9.17, 15) is 4.79 Å². The number of hydrogen-bond acceptors (Lipinski definition) is 1. The van der Waals surface area contributed by atoms with E-state index >= 15 is 0 Å². The highest BCUT2D eigenvalue weighted by atomic mass is 16.1. The monoisotopic (exact) mass is 279 g/mol. The maximum atomic E-state index is 11.0. The van der Waals surface area contributed by atoms with Crippen molar-refractivity contribution in [2.45, 2.75) is 84.0 Å². The Labute approximate surface area is 124 Å². The number of primary amides is 1. The van der Waals surface area contributed by atoms with E-state index in [2.05, 4.69) is 0 Å². The molecular weight excluding hydrogens is 246 g/mol.